The summed E-state index contributed by atoms with van der Waals surface area (Å²) in [5, 5.41) is 16.2. The first kappa shape index (κ1) is 17.2. The van der Waals surface area contributed by atoms with E-state index in [1.807, 2.05) is 0 Å². The molecule has 1 aliphatic heterocycles. The summed E-state index contributed by atoms with van der Waals surface area (Å²) >= 11 is 0. The van der Waals surface area contributed by atoms with Gasteiger partial charge in [-0.15, -0.1) is 0 Å². The third-order valence-electron chi connectivity index (χ3n) is 3.86. The quantitative estimate of drug-likeness (QED) is 0.380. The number of amides is 2. The molecule has 0 radical (unpaired) electrons. The summed E-state index contributed by atoms with van der Waals surface area (Å²) in [7, 11) is 0. The van der Waals surface area contributed by atoms with Crippen molar-refractivity contribution < 1.29 is 19.2 Å². The predicted octanol–water partition coefficient (Wildman–Crippen LogP) is 2.77. The lowest BCUT2D eigenvalue weighted by Crippen LogP contribution is -2.44. The third kappa shape index (κ3) is 3.54. The Morgan fingerprint density at radius 1 is 1.12 bits per heavy atom. The number of urea groups is 1. The van der Waals surface area contributed by atoms with Crippen LogP contribution in [0.5, 0.6) is 5.75 Å². The highest BCUT2D eigenvalue weighted by atomic mass is 16.6. The molecule has 8 nitrogen and oxygen atoms in total. The lowest BCUT2D eigenvalue weighted by molar-refractivity contribution is -0.432. The van der Waals surface area contributed by atoms with Crippen LogP contribution in [0.4, 0.5) is 4.79 Å². The fraction of sp³-hybridized carbons (Fsp3) is 0.111. The van der Waals surface area contributed by atoms with Gasteiger partial charge in [-0.3, -0.25) is 10.1 Å². The number of nitro groups is 1. The van der Waals surface area contributed by atoms with Gasteiger partial charge in [-0.25, -0.2) is 9.59 Å². The molecule has 1 unspecified atom stereocenters. The maximum absolute atomic E-state index is 12.0. The number of hydrogen-bond donors (Lipinski definition) is 2. The molecule has 0 saturated carbocycles. The van der Waals surface area contributed by atoms with E-state index in [0.29, 0.717) is 16.9 Å². The van der Waals surface area contributed by atoms with E-state index >= 15 is 0 Å². The molecular formula is C18H15N3O5. The Labute approximate surface area is 148 Å². The first-order chi connectivity index (χ1) is 12.5. The topological polar surface area (TPSA) is 111 Å². The first-order valence-electron chi connectivity index (χ1n) is 7.75. The van der Waals surface area contributed by atoms with Crippen LogP contribution in [0, 0.1) is 10.1 Å². The van der Waals surface area contributed by atoms with Gasteiger partial charge in [0.1, 0.15) is 11.8 Å². The van der Waals surface area contributed by atoms with Gasteiger partial charge in [0.25, 0.3) is 5.70 Å². The summed E-state index contributed by atoms with van der Waals surface area (Å²) in [6.45, 7) is 1.47. The number of esters is 1. The second-order valence-electron chi connectivity index (χ2n) is 5.62. The molecule has 0 aromatic heterocycles. The van der Waals surface area contributed by atoms with Gasteiger partial charge in [-0.05, 0) is 36.8 Å². The van der Waals surface area contributed by atoms with Crippen LogP contribution in [0.15, 0.2) is 66.0 Å². The SMILES string of the molecule is CC1=C([N+](=O)[O-])C(c2ccc(OC(=O)c3ccccc3)cc2)NC(=O)N1. The standard InChI is InChI=1S/C18H15N3O5/c1-11-16(21(24)25)15(20-18(23)19-11)12-7-9-14(10-8-12)26-17(22)13-5-3-2-4-6-13/h2-10,15H,1H3,(H2,19,20,23). The van der Waals surface area contributed by atoms with E-state index in [1.54, 1.807) is 42.5 Å². The van der Waals surface area contributed by atoms with Gasteiger partial charge < -0.3 is 15.4 Å². The van der Waals surface area contributed by atoms with Gasteiger partial charge in [0.15, 0.2) is 0 Å². The Balaban J connectivity index is 1.81. The number of carbonyl (C=O) groups excluding carboxylic acids is 2. The first-order valence-corrected chi connectivity index (χ1v) is 7.75. The van der Waals surface area contributed by atoms with E-state index in [9.17, 15) is 19.7 Å². The van der Waals surface area contributed by atoms with Gasteiger partial charge >= 0.3 is 12.0 Å². The van der Waals surface area contributed by atoms with E-state index in [1.165, 1.54) is 19.1 Å². The lowest BCUT2D eigenvalue weighted by Gasteiger charge is -2.23. The average molecular weight is 353 g/mol. The number of carbonyl (C=O) groups is 2. The van der Waals surface area contributed by atoms with Gasteiger partial charge in [-0.2, -0.15) is 0 Å². The summed E-state index contributed by atoms with van der Waals surface area (Å²) in [6, 6.07) is 13.3. The zero-order chi connectivity index (χ0) is 18.7. The number of hydrogen-bond acceptors (Lipinski definition) is 5. The second kappa shape index (κ2) is 7.06. The minimum Gasteiger partial charge on any atom is -0.423 e. The molecule has 2 aromatic rings. The maximum Gasteiger partial charge on any atom is 0.343 e. The smallest absolute Gasteiger partial charge is 0.343 e. The van der Waals surface area contributed by atoms with Crippen molar-refractivity contribution in [3.05, 3.63) is 87.2 Å². The Bertz CT molecular complexity index is 891. The number of nitrogens with one attached hydrogen (secondary N) is 2. The van der Waals surface area contributed by atoms with Crippen LogP contribution in [0.1, 0.15) is 28.9 Å². The zero-order valence-corrected chi connectivity index (χ0v) is 13.8. The van der Waals surface area contributed by atoms with Crippen LogP contribution < -0.4 is 15.4 Å². The monoisotopic (exact) mass is 353 g/mol. The Morgan fingerprint density at radius 2 is 1.77 bits per heavy atom. The molecule has 1 atom stereocenters. The highest BCUT2D eigenvalue weighted by molar-refractivity contribution is 5.90. The largest absolute Gasteiger partial charge is 0.423 e. The molecule has 0 fully saturated rings. The fourth-order valence-corrected chi connectivity index (χ4v) is 2.64. The molecule has 2 aromatic carbocycles. The highest BCUT2D eigenvalue weighted by Crippen LogP contribution is 2.28. The fourth-order valence-electron chi connectivity index (χ4n) is 2.64. The van der Waals surface area contributed by atoms with Crippen molar-refractivity contribution in [1.82, 2.24) is 10.6 Å². The van der Waals surface area contributed by atoms with Crippen molar-refractivity contribution in [3.63, 3.8) is 0 Å². The van der Waals surface area contributed by atoms with Crippen molar-refractivity contribution in [3.8, 4) is 5.75 Å². The molecule has 132 valence electrons. The highest BCUT2D eigenvalue weighted by Gasteiger charge is 2.35. The molecular weight excluding hydrogens is 338 g/mol. The zero-order valence-electron chi connectivity index (χ0n) is 13.8. The van der Waals surface area contributed by atoms with Gasteiger partial charge in [0, 0.05) is 0 Å². The summed E-state index contributed by atoms with van der Waals surface area (Å²) in [5.41, 5.74) is 0.962. The van der Waals surface area contributed by atoms with E-state index in [0.717, 1.165) is 0 Å². The lowest BCUT2D eigenvalue weighted by atomic mass is 10.0. The number of allylic oxidation sites excluding steroid dienone is 1. The van der Waals surface area contributed by atoms with Crippen LogP contribution in [-0.4, -0.2) is 16.9 Å². The van der Waals surface area contributed by atoms with E-state index in [4.69, 9.17) is 4.74 Å². The molecule has 8 heteroatoms. The Kier molecular flexibility index (Phi) is 4.66. The maximum atomic E-state index is 12.0. The molecule has 1 heterocycles. The number of rotatable bonds is 4. The molecule has 0 spiro atoms. The average Bonchev–Trinajstić information content (AvgIpc) is 2.62. The Morgan fingerprint density at radius 3 is 2.38 bits per heavy atom. The van der Waals surface area contributed by atoms with Crippen molar-refractivity contribution in [1.29, 1.82) is 0 Å². The molecule has 3 rings (SSSR count). The van der Waals surface area contributed by atoms with Crippen LogP contribution in [0.25, 0.3) is 0 Å². The summed E-state index contributed by atoms with van der Waals surface area (Å²) in [4.78, 5) is 34.5. The van der Waals surface area contributed by atoms with Gasteiger partial charge in [0.05, 0.1) is 16.2 Å². The molecule has 2 amide bonds. The van der Waals surface area contributed by atoms with Crippen LogP contribution in [-0.2, 0) is 0 Å². The Hall–Kier alpha value is -3.68. The second-order valence-corrected chi connectivity index (χ2v) is 5.62. The van der Waals surface area contributed by atoms with Crippen LogP contribution in [0.2, 0.25) is 0 Å². The van der Waals surface area contributed by atoms with E-state index in [-0.39, 0.29) is 11.4 Å². The van der Waals surface area contributed by atoms with Crippen molar-refractivity contribution in [2.45, 2.75) is 13.0 Å². The molecule has 26 heavy (non-hydrogen) atoms. The van der Waals surface area contributed by atoms with Crippen LogP contribution in [0.3, 0.4) is 0 Å². The summed E-state index contributed by atoms with van der Waals surface area (Å²) in [5.74, 6) is -0.207. The molecule has 2 N–H and O–H groups in total. The summed E-state index contributed by atoms with van der Waals surface area (Å²) in [6.07, 6.45) is 0. The van der Waals surface area contributed by atoms with Crippen LogP contribution >= 0.6 is 0 Å². The van der Waals surface area contributed by atoms with Gasteiger partial charge in [0.2, 0.25) is 0 Å². The van der Waals surface area contributed by atoms with Crippen molar-refractivity contribution >= 4 is 12.0 Å². The van der Waals surface area contributed by atoms with Gasteiger partial charge in [-0.1, -0.05) is 30.3 Å². The number of ether oxygens (including phenoxy) is 1. The van der Waals surface area contributed by atoms with Crippen molar-refractivity contribution in [2.75, 3.05) is 0 Å². The number of benzene rings is 2. The minimum atomic E-state index is -0.891. The predicted molar refractivity (Wildman–Crippen MR) is 91.9 cm³/mol. The van der Waals surface area contributed by atoms with E-state index < -0.39 is 23.0 Å². The van der Waals surface area contributed by atoms with Crippen molar-refractivity contribution in [2.24, 2.45) is 0 Å². The normalized spacial score (nSPS) is 16.5. The number of nitrogens with zero attached hydrogens (tertiary/aromatic N) is 1. The molecule has 0 aliphatic carbocycles. The van der Waals surface area contributed by atoms with E-state index in [2.05, 4.69) is 10.6 Å². The molecule has 0 saturated heterocycles. The minimum absolute atomic E-state index is 0.140. The molecule has 0 bridgehead atoms. The molecule has 1 aliphatic rings. The summed E-state index contributed by atoms with van der Waals surface area (Å²) < 4.78 is 5.27. The third-order valence-corrected chi connectivity index (χ3v) is 3.86.